The van der Waals surface area contributed by atoms with Crippen molar-refractivity contribution in [1.29, 1.82) is 0 Å². The fourth-order valence-electron chi connectivity index (χ4n) is 1.47. The molecule has 0 saturated carbocycles. The average molecular weight is 259 g/mol. The van der Waals surface area contributed by atoms with E-state index in [1.165, 1.54) is 0 Å². The van der Waals surface area contributed by atoms with Crippen LogP contribution in [-0.2, 0) is 0 Å². The van der Waals surface area contributed by atoms with Gasteiger partial charge in [0.1, 0.15) is 0 Å². The highest BCUT2D eigenvalue weighted by atomic mass is 32.2. The second kappa shape index (κ2) is 4.35. The number of thiazole rings is 1. The minimum Gasteiger partial charge on any atom is -0.399 e. The normalized spacial score (nSPS) is 10.8. The number of pyridine rings is 1. The largest absolute Gasteiger partial charge is 0.399 e. The van der Waals surface area contributed by atoms with Gasteiger partial charge < -0.3 is 5.73 Å². The third-order valence-corrected chi connectivity index (χ3v) is 4.33. The summed E-state index contributed by atoms with van der Waals surface area (Å²) in [4.78, 5) is 9.69. The van der Waals surface area contributed by atoms with Crippen molar-refractivity contribution in [3.63, 3.8) is 0 Å². The third kappa shape index (κ3) is 2.25. The van der Waals surface area contributed by atoms with Crippen LogP contribution < -0.4 is 5.73 Å². The van der Waals surface area contributed by atoms with Gasteiger partial charge in [0.05, 0.1) is 10.2 Å². The summed E-state index contributed by atoms with van der Waals surface area (Å²) in [6.07, 6.45) is 3.57. The van der Waals surface area contributed by atoms with E-state index in [0.717, 1.165) is 25.1 Å². The Hall–Kier alpha value is -1.59. The number of fused-ring (bicyclic) bond motifs is 1. The molecule has 0 saturated heterocycles. The molecule has 0 amide bonds. The van der Waals surface area contributed by atoms with E-state index in [1.807, 2.05) is 30.3 Å². The molecule has 1 aromatic carbocycles. The topological polar surface area (TPSA) is 51.8 Å². The Labute approximate surface area is 107 Å². The number of nitrogen functional groups attached to an aromatic ring is 1. The van der Waals surface area contributed by atoms with Crippen LogP contribution in [0.1, 0.15) is 0 Å². The SMILES string of the molecule is Nc1ccc2nc(Sc3ccncc3)sc2c1. The minimum absolute atomic E-state index is 0.779. The Morgan fingerprint density at radius 1 is 1.12 bits per heavy atom. The van der Waals surface area contributed by atoms with Crippen LogP contribution in [0.5, 0.6) is 0 Å². The summed E-state index contributed by atoms with van der Waals surface area (Å²) in [5.74, 6) is 0. The molecule has 0 aliphatic heterocycles. The molecule has 3 aromatic rings. The van der Waals surface area contributed by atoms with Crippen molar-refractivity contribution >= 4 is 39.0 Å². The predicted octanol–water partition coefficient (Wildman–Crippen LogP) is 3.42. The summed E-state index contributed by atoms with van der Waals surface area (Å²) < 4.78 is 2.15. The quantitative estimate of drug-likeness (QED) is 0.716. The Kier molecular flexibility index (Phi) is 2.70. The standard InChI is InChI=1S/C12H9N3S2/c13-8-1-2-10-11(7-8)17-12(15-10)16-9-3-5-14-6-4-9/h1-7H,13H2. The van der Waals surface area contributed by atoms with E-state index in [1.54, 1.807) is 35.5 Å². The Balaban J connectivity index is 1.96. The number of anilines is 1. The summed E-state index contributed by atoms with van der Waals surface area (Å²) >= 11 is 3.30. The lowest BCUT2D eigenvalue weighted by molar-refractivity contribution is 1.25. The van der Waals surface area contributed by atoms with Gasteiger partial charge in [-0.15, -0.1) is 11.3 Å². The van der Waals surface area contributed by atoms with Gasteiger partial charge in [-0.2, -0.15) is 0 Å². The highest BCUT2D eigenvalue weighted by molar-refractivity contribution is 8.01. The molecule has 84 valence electrons. The Bertz CT molecular complexity index is 649. The molecule has 0 aliphatic carbocycles. The van der Waals surface area contributed by atoms with E-state index >= 15 is 0 Å². The van der Waals surface area contributed by atoms with Crippen LogP contribution in [0.2, 0.25) is 0 Å². The number of aromatic nitrogens is 2. The van der Waals surface area contributed by atoms with Crippen LogP contribution in [0.3, 0.4) is 0 Å². The van der Waals surface area contributed by atoms with Gasteiger partial charge in [0.25, 0.3) is 0 Å². The highest BCUT2D eigenvalue weighted by Gasteiger charge is 2.05. The van der Waals surface area contributed by atoms with E-state index in [2.05, 4.69) is 9.97 Å². The van der Waals surface area contributed by atoms with Crippen LogP contribution in [0, 0.1) is 0 Å². The first-order chi connectivity index (χ1) is 8.31. The molecular weight excluding hydrogens is 250 g/mol. The molecule has 17 heavy (non-hydrogen) atoms. The number of hydrogen-bond donors (Lipinski definition) is 1. The maximum atomic E-state index is 5.75. The number of rotatable bonds is 2. The molecule has 2 heterocycles. The first-order valence-electron chi connectivity index (χ1n) is 5.05. The van der Waals surface area contributed by atoms with Crippen LogP contribution in [0.4, 0.5) is 5.69 Å². The summed E-state index contributed by atoms with van der Waals surface area (Å²) in [7, 11) is 0. The fraction of sp³-hybridized carbons (Fsp3) is 0. The molecule has 0 aliphatic rings. The summed E-state index contributed by atoms with van der Waals surface area (Å²) in [5.41, 5.74) is 7.53. The van der Waals surface area contributed by atoms with E-state index in [4.69, 9.17) is 5.73 Å². The van der Waals surface area contributed by atoms with Gasteiger partial charge in [-0.3, -0.25) is 4.98 Å². The minimum atomic E-state index is 0.779. The van der Waals surface area contributed by atoms with Gasteiger partial charge in [0.15, 0.2) is 4.34 Å². The fourth-order valence-corrected chi connectivity index (χ4v) is 3.54. The molecular formula is C12H9N3S2. The number of nitrogens with zero attached hydrogens (tertiary/aromatic N) is 2. The van der Waals surface area contributed by atoms with Crippen molar-refractivity contribution in [2.75, 3.05) is 5.73 Å². The van der Waals surface area contributed by atoms with E-state index in [-0.39, 0.29) is 0 Å². The summed E-state index contributed by atoms with van der Waals surface area (Å²) in [6.45, 7) is 0. The average Bonchev–Trinajstić information content (AvgIpc) is 2.71. The Morgan fingerprint density at radius 2 is 1.94 bits per heavy atom. The van der Waals surface area contributed by atoms with Crippen molar-refractivity contribution in [2.24, 2.45) is 0 Å². The molecule has 0 unspecified atom stereocenters. The van der Waals surface area contributed by atoms with Crippen LogP contribution >= 0.6 is 23.1 Å². The monoisotopic (exact) mass is 259 g/mol. The lowest BCUT2D eigenvalue weighted by Gasteiger charge is -1.94. The van der Waals surface area contributed by atoms with Crippen LogP contribution in [0.15, 0.2) is 52.0 Å². The van der Waals surface area contributed by atoms with Crippen molar-refractivity contribution < 1.29 is 0 Å². The molecule has 0 bridgehead atoms. The molecule has 2 aromatic heterocycles. The molecule has 0 atom stereocenters. The van der Waals surface area contributed by atoms with Crippen molar-refractivity contribution in [1.82, 2.24) is 9.97 Å². The maximum absolute atomic E-state index is 5.75. The summed E-state index contributed by atoms with van der Waals surface area (Å²) in [6, 6.07) is 9.75. The molecule has 3 nitrogen and oxygen atoms in total. The molecule has 0 radical (unpaired) electrons. The molecule has 2 N–H and O–H groups in total. The number of nitrogens with two attached hydrogens (primary N) is 1. The van der Waals surface area contributed by atoms with E-state index in [9.17, 15) is 0 Å². The lowest BCUT2D eigenvalue weighted by Crippen LogP contribution is -1.81. The molecule has 0 spiro atoms. The first kappa shape index (κ1) is 10.6. The van der Waals surface area contributed by atoms with Gasteiger partial charge in [0.2, 0.25) is 0 Å². The van der Waals surface area contributed by atoms with Crippen molar-refractivity contribution in [2.45, 2.75) is 9.24 Å². The molecule has 3 rings (SSSR count). The van der Waals surface area contributed by atoms with Gasteiger partial charge in [-0.1, -0.05) is 11.8 Å². The zero-order chi connectivity index (χ0) is 11.7. The Morgan fingerprint density at radius 3 is 2.76 bits per heavy atom. The maximum Gasteiger partial charge on any atom is 0.155 e. The summed E-state index contributed by atoms with van der Waals surface area (Å²) in [5, 5.41) is 0. The number of benzene rings is 1. The highest BCUT2D eigenvalue weighted by Crippen LogP contribution is 2.34. The van der Waals surface area contributed by atoms with E-state index < -0.39 is 0 Å². The number of hydrogen-bond acceptors (Lipinski definition) is 5. The zero-order valence-corrected chi connectivity index (χ0v) is 10.5. The molecule has 0 fully saturated rings. The third-order valence-electron chi connectivity index (χ3n) is 2.25. The predicted molar refractivity (Wildman–Crippen MR) is 72.4 cm³/mol. The van der Waals surface area contributed by atoms with Crippen LogP contribution in [0.25, 0.3) is 10.2 Å². The van der Waals surface area contributed by atoms with Gasteiger partial charge >= 0.3 is 0 Å². The van der Waals surface area contributed by atoms with Crippen LogP contribution in [-0.4, -0.2) is 9.97 Å². The first-order valence-corrected chi connectivity index (χ1v) is 6.68. The molecule has 5 heteroatoms. The second-order valence-corrected chi connectivity index (χ2v) is 5.84. The van der Waals surface area contributed by atoms with Crippen molar-refractivity contribution in [3.8, 4) is 0 Å². The van der Waals surface area contributed by atoms with E-state index in [0.29, 0.717) is 0 Å². The smallest absolute Gasteiger partial charge is 0.155 e. The lowest BCUT2D eigenvalue weighted by atomic mass is 10.3. The van der Waals surface area contributed by atoms with Gasteiger partial charge in [-0.05, 0) is 30.3 Å². The second-order valence-electron chi connectivity index (χ2n) is 3.49. The van der Waals surface area contributed by atoms with Gasteiger partial charge in [-0.25, -0.2) is 4.98 Å². The van der Waals surface area contributed by atoms with Gasteiger partial charge in [0, 0.05) is 23.0 Å². The van der Waals surface area contributed by atoms with Crippen molar-refractivity contribution in [3.05, 3.63) is 42.7 Å². The zero-order valence-electron chi connectivity index (χ0n) is 8.83.